The van der Waals surface area contributed by atoms with Gasteiger partial charge in [-0.2, -0.15) is 0 Å². The van der Waals surface area contributed by atoms with Crippen molar-refractivity contribution < 1.29 is 24.5 Å². The first-order valence-corrected chi connectivity index (χ1v) is 10.1. The molecule has 0 aromatic heterocycles. The molecule has 2 N–H and O–H groups in total. The lowest BCUT2D eigenvalue weighted by atomic mass is 9.46. The van der Waals surface area contributed by atoms with Crippen molar-refractivity contribution in [2.45, 2.75) is 63.8 Å². The first kappa shape index (κ1) is 17.8. The number of epoxide rings is 1. The van der Waals surface area contributed by atoms with Gasteiger partial charge in [-0.05, 0) is 62.5 Å². The summed E-state index contributed by atoms with van der Waals surface area (Å²) in [6.45, 7) is 5.51. The van der Waals surface area contributed by atoms with Crippen molar-refractivity contribution in [1.29, 1.82) is 0 Å². The van der Waals surface area contributed by atoms with E-state index < -0.39 is 23.4 Å². The maximum absolute atomic E-state index is 12.6. The van der Waals surface area contributed by atoms with E-state index in [0.717, 1.165) is 24.8 Å². The molecule has 1 saturated heterocycles. The Morgan fingerprint density at radius 1 is 1.33 bits per heavy atom. The Morgan fingerprint density at radius 3 is 2.78 bits per heavy atom. The molecule has 0 aromatic rings. The number of ketones is 2. The molecule has 27 heavy (non-hydrogen) atoms. The summed E-state index contributed by atoms with van der Waals surface area (Å²) < 4.78 is 6.43. The lowest BCUT2D eigenvalue weighted by molar-refractivity contribution is -0.165. The van der Waals surface area contributed by atoms with Crippen LogP contribution in [0.1, 0.15) is 46.5 Å². The van der Waals surface area contributed by atoms with E-state index >= 15 is 0 Å². The number of hydrogen-bond donors (Lipinski definition) is 2. The molecular formula is C22H28O5. The number of aliphatic hydroxyl groups excluding tert-OH is 1. The summed E-state index contributed by atoms with van der Waals surface area (Å²) in [4.78, 5) is 24.5. The normalized spacial score (nSPS) is 55.1. The van der Waals surface area contributed by atoms with Crippen LogP contribution in [0.15, 0.2) is 23.8 Å². The number of fused-ring (bicyclic) bond motifs is 3. The molecule has 1 heterocycles. The van der Waals surface area contributed by atoms with Crippen molar-refractivity contribution in [3.63, 3.8) is 0 Å². The van der Waals surface area contributed by atoms with E-state index in [2.05, 4.69) is 6.92 Å². The van der Waals surface area contributed by atoms with Gasteiger partial charge in [-0.3, -0.25) is 9.59 Å². The Morgan fingerprint density at radius 2 is 2.07 bits per heavy atom. The van der Waals surface area contributed by atoms with Crippen LogP contribution in [0.2, 0.25) is 0 Å². The first-order chi connectivity index (χ1) is 12.6. The van der Waals surface area contributed by atoms with Gasteiger partial charge in [0.2, 0.25) is 0 Å². The van der Waals surface area contributed by atoms with Gasteiger partial charge in [0, 0.05) is 10.8 Å². The van der Waals surface area contributed by atoms with E-state index in [4.69, 9.17) is 4.74 Å². The third-order valence-corrected chi connectivity index (χ3v) is 9.08. The summed E-state index contributed by atoms with van der Waals surface area (Å²) >= 11 is 0. The van der Waals surface area contributed by atoms with Gasteiger partial charge in [0.05, 0.1) is 6.10 Å². The van der Waals surface area contributed by atoms with Gasteiger partial charge in [-0.1, -0.05) is 25.5 Å². The number of hydrogen-bond acceptors (Lipinski definition) is 5. The zero-order valence-electron chi connectivity index (χ0n) is 16.2. The number of rotatable bonds is 2. The van der Waals surface area contributed by atoms with Crippen LogP contribution in [0.5, 0.6) is 0 Å². The highest BCUT2D eigenvalue weighted by atomic mass is 16.6. The lowest BCUT2D eigenvalue weighted by Gasteiger charge is -2.55. The molecule has 5 aliphatic rings. The van der Waals surface area contributed by atoms with Gasteiger partial charge in [-0.25, -0.2) is 0 Å². The SMILES string of the molecule is C[C@@H]1C[C@H]2[C@@H]3CCC4=CC(=O)C=C[C@]4(C)[C@]34O[C@H]4C[C@]2(C)[C@]1(O)C(=O)CO. The van der Waals surface area contributed by atoms with Crippen LogP contribution >= 0.6 is 0 Å². The number of Topliss-reactive ketones (excluding diaryl/α,β-unsaturated/α-hetero) is 1. The second-order valence-electron chi connectivity index (χ2n) is 9.86. The van der Waals surface area contributed by atoms with Crippen molar-refractivity contribution in [3.8, 4) is 0 Å². The molecule has 0 radical (unpaired) electrons. The van der Waals surface area contributed by atoms with Crippen molar-refractivity contribution >= 4 is 11.6 Å². The summed E-state index contributed by atoms with van der Waals surface area (Å²) in [7, 11) is 0. The van der Waals surface area contributed by atoms with Crippen molar-refractivity contribution in [2.75, 3.05) is 6.61 Å². The number of allylic oxidation sites excluding steroid dienone is 2. The molecule has 5 heteroatoms. The second kappa shape index (κ2) is 5.00. The van der Waals surface area contributed by atoms with E-state index in [0.29, 0.717) is 6.42 Å². The molecule has 0 bridgehead atoms. The minimum atomic E-state index is -1.50. The predicted molar refractivity (Wildman–Crippen MR) is 97.7 cm³/mol. The summed E-state index contributed by atoms with van der Waals surface area (Å²) in [5.74, 6) is -0.193. The maximum Gasteiger partial charge on any atom is 0.190 e. The number of carbonyl (C=O) groups excluding carboxylic acids is 2. The third kappa shape index (κ3) is 1.73. The van der Waals surface area contributed by atoms with Crippen LogP contribution in [0.4, 0.5) is 0 Å². The predicted octanol–water partition coefficient (Wildman–Crippen LogP) is 1.96. The maximum atomic E-state index is 12.6. The highest BCUT2D eigenvalue weighted by Crippen LogP contribution is 2.76. The van der Waals surface area contributed by atoms with E-state index in [9.17, 15) is 19.8 Å². The molecule has 4 fully saturated rings. The summed E-state index contributed by atoms with van der Waals surface area (Å²) in [5, 5.41) is 21.0. The molecule has 8 atom stereocenters. The highest BCUT2D eigenvalue weighted by molar-refractivity contribution is 6.01. The Labute approximate surface area is 159 Å². The first-order valence-electron chi connectivity index (χ1n) is 10.1. The van der Waals surface area contributed by atoms with E-state index in [1.165, 1.54) is 0 Å². The topological polar surface area (TPSA) is 87.1 Å². The van der Waals surface area contributed by atoms with Gasteiger partial charge in [0.15, 0.2) is 11.6 Å². The summed E-state index contributed by atoms with van der Waals surface area (Å²) in [6, 6.07) is 0. The monoisotopic (exact) mass is 372 g/mol. The number of carbonyl (C=O) groups is 2. The Balaban J connectivity index is 1.60. The number of ether oxygens (including phenoxy) is 1. The van der Waals surface area contributed by atoms with Gasteiger partial charge in [0.1, 0.15) is 17.8 Å². The Kier molecular flexibility index (Phi) is 3.29. The molecule has 146 valence electrons. The van der Waals surface area contributed by atoms with Gasteiger partial charge in [-0.15, -0.1) is 0 Å². The molecule has 5 nitrogen and oxygen atoms in total. The molecule has 0 unspecified atom stereocenters. The molecule has 3 saturated carbocycles. The van der Waals surface area contributed by atoms with Crippen molar-refractivity contribution in [1.82, 2.24) is 0 Å². The fourth-order valence-corrected chi connectivity index (χ4v) is 7.70. The van der Waals surface area contributed by atoms with Crippen LogP contribution < -0.4 is 0 Å². The zero-order valence-corrected chi connectivity index (χ0v) is 16.2. The molecule has 4 aliphatic carbocycles. The van der Waals surface area contributed by atoms with Crippen molar-refractivity contribution in [2.24, 2.45) is 28.6 Å². The fourth-order valence-electron chi connectivity index (χ4n) is 7.70. The Bertz CT molecular complexity index is 814. The molecule has 1 aliphatic heterocycles. The third-order valence-electron chi connectivity index (χ3n) is 9.08. The van der Waals surface area contributed by atoms with Crippen LogP contribution in [-0.2, 0) is 14.3 Å². The lowest BCUT2D eigenvalue weighted by Crippen LogP contribution is -2.62. The van der Waals surface area contributed by atoms with E-state index in [-0.39, 0.29) is 40.7 Å². The zero-order chi connectivity index (χ0) is 19.4. The molecular weight excluding hydrogens is 344 g/mol. The summed E-state index contributed by atoms with van der Waals surface area (Å²) in [6.07, 6.45) is 8.58. The van der Waals surface area contributed by atoms with Crippen LogP contribution in [0.25, 0.3) is 0 Å². The minimum Gasteiger partial charge on any atom is -0.388 e. The average molecular weight is 372 g/mol. The quantitative estimate of drug-likeness (QED) is 0.724. The number of aliphatic hydroxyl groups is 2. The van der Waals surface area contributed by atoms with Crippen LogP contribution in [-0.4, -0.2) is 45.7 Å². The second-order valence-corrected chi connectivity index (χ2v) is 9.86. The standard InChI is InChI=1S/C22H28O5/c1-12-8-16-15-5-4-13-9-14(24)6-7-19(13,2)22(15)18(27-22)10-20(16,3)21(12,26)17(25)11-23/h6-7,9,12,15-16,18,23,26H,4-5,8,10-11H2,1-3H3/t12-,15+,16+,18+,19+,20+,21-,22+/m1/s1. The van der Waals surface area contributed by atoms with Gasteiger partial charge < -0.3 is 14.9 Å². The largest absolute Gasteiger partial charge is 0.388 e. The minimum absolute atomic E-state index is 0.0291. The fraction of sp³-hybridized carbons (Fsp3) is 0.727. The molecule has 0 aromatic carbocycles. The van der Waals surface area contributed by atoms with E-state index in [1.807, 2.05) is 19.9 Å². The van der Waals surface area contributed by atoms with Crippen LogP contribution in [0.3, 0.4) is 0 Å². The molecule has 0 amide bonds. The highest BCUT2D eigenvalue weighted by Gasteiger charge is 2.81. The van der Waals surface area contributed by atoms with E-state index in [1.54, 1.807) is 12.2 Å². The molecule has 1 spiro atoms. The molecule has 5 rings (SSSR count). The van der Waals surface area contributed by atoms with Crippen molar-refractivity contribution in [3.05, 3.63) is 23.8 Å². The van der Waals surface area contributed by atoms with Gasteiger partial charge in [0.25, 0.3) is 0 Å². The van der Waals surface area contributed by atoms with Gasteiger partial charge >= 0.3 is 0 Å². The van der Waals surface area contributed by atoms with Crippen LogP contribution in [0, 0.1) is 28.6 Å². The summed E-state index contributed by atoms with van der Waals surface area (Å²) in [5.41, 5.74) is -1.55. The smallest absolute Gasteiger partial charge is 0.190 e. The average Bonchev–Trinajstić information content (AvgIpc) is 3.31. The Hall–Kier alpha value is -1.30.